The number of carbonyl (C=O) groups excluding carboxylic acids is 1. The number of carbonyl (C=O) groups is 1. The summed E-state index contributed by atoms with van der Waals surface area (Å²) < 4.78 is 5.22. The zero-order chi connectivity index (χ0) is 11.1. The molecule has 1 amide bonds. The van der Waals surface area contributed by atoms with Gasteiger partial charge < -0.3 is 10.1 Å². The maximum atomic E-state index is 11.7. The minimum Gasteiger partial charge on any atom is -0.381 e. The van der Waals surface area contributed by atoms with Crippen LogP contribution in [0.2, 0.25) is 0 Å². The lowest BCUT2D eigenvalue weighted by molar-refractivity contribution is -0.127. The molecule has 1 unspecified atom stereocenters. The topological polar surface area (TPSA) is 38.3 Å². The first-order chi connectivity index (χ1) is 7.24. The van der Waals surface area contributed by atoms with Crippen molar-refractivity contribution in [3.05, 3.63) is 0 Å². The maximum absolute atomic E-state index is 11.7. The Hall–Kier alpha value is -0.0900. The molecule has 4 heteroatoms. The second-order valence-corrected chi connectivity index (χ2v) is 5.27. The van der Waals surface area contributed by atoms with Crippen LogP contribution in [0.25, 0.3) is 0 Å². The Balaban J connectivity index is 2.12. The Morgan fingerprint density at radius 3 is 2.80 bits per heavy atom. The van der Waals surface area contributed by atoms with E-state index in [2.05, 4.69) is 28.2 Å². The smallest absolute Gasteiger partial charge is 0.223 e. The molecule has 1 heterocycles. The van der Waals surface area contributed by atoms with Gasteiger partial charge in [0.15, 0.2) is 0 Å². The van der Waals surface area contributed by atoms with Gasteiger partial charge in [-0.3, -0.25) is 4.79 Å². The molecule has 0 spiro atoms. The first kappa shape index (κ1) is 13.0. The highest BCUT2D eigenvalue weighted by molar-refractivity contribution is 9.09. The number of alkyl halides is 1. The van der Waals surface area contributed by atoms with E-state index in [-0.39, 0.29) is 11.8 Å². The summed E-state index contributed by atoms with van der Waals surface area (Å²) in [6.45, 7) is 4.38. The fourth-order valence-electron chi connectivity index (χ4n) is 1.66. The SMILES string of the molecule is CCC(Br)CCNC(=O)C1CCOCC1. The summed E-state index contributed by atoms with van der Waals surface area (Å²) >= 11 is 3.55. The molecule has 0 aliphatic carbocycles. The van der Waals surface area contributed by atoms with E-state index in [0.717, 1.165) is 45.4 Å². The quantitative estimate of drug-likeness (QED) is 0.782. The minimum atomic E-state index is 0.175. The molecule has 0 radical (unpaired) electrons. The van der Waals surface area contributed by atoms with Gasteiger partial charge in [0.05, 0.1) is 0 Å². The molecule has 0 saturated carbocycles. The third-order valence-electron chi connectivity index (χ3n) is 2.79. The van der Waals surface area contributed by atoms with Crippen molar-refractivity contribution in [1.29, 1.82) is 0 Å². The lowest BCUT2D eigenvalue weighted by Gasteiger charge is -2.21. The molecule has 15 heavy (non-hydrogen) atoms. The Morgan fingerprint density at radius 2 is 2.20 bits per heavy atom. The third-order valence-corrected chi connectivity index (χ3v) is 3.90. The van der Waals surface area contributed by atoms with Gasteiger partial charge in [0.2, 0.25) is 5.91 Å². The number of ether oxygens (including phenoxy) is 1. The molecule has 1 atom stereocenters. The molecule has 0 aromatic carbocycles. The fourth-order valence-corrected chi connectivity index (χ4v) is 1.89. The third kappa shape index (κ3) is 4.98. The summed E-state index contributed by atoms with van der Waals surface area (Å²) in [5, 5.41) is 2.99. The highest BCUT2D eigenvalue weighted by Crippen LogP contribution is 2.14. The first-order valence-electron chi connectivity index (χ1n) is 5.73. The Morgan fingerprint density at radius 1 is 1.53 bits per heavy atom. The van der Waals surface area contributed by atoms with Crippen molar-refractivity contribution >= 4 is 21.8 Å². The average molecular weight is 278 g/mol. The zero-order valence-electron chi connectivity index (χ0n) is 9.30. The Labute approximate surface area is 100 Å². The van der Waals surface area contributed by atoms with Crippen LogP contribution in [-0.4, -0.2) is 30.5 Å². The number of amides is 1. The van der Waals surface area contributed by atoms with Crippen LogP contribution in [0, 0.1) is 5.92 Å². The molecule has 0 bridgehead atoms. The summed E-state index contributed by atoms with van der Waals surface area (Å²) in [5.74, 6) is 0.378. The van der Waals surface area contributed by atoms with E-state index < -0.39 is 0 Å². The van der Waals surface area contributed by atoms with E-state index in [1.54, 1.807) is 0 Å². The fraction of sp³-hybridized carbons (Fsp3) is 0.909. The summed E-state index contributed by atoms with van der Waals surface area (Å²) in [7, 11) is 0. The maximum Gasteiger partial charge on any atom is 0.223 e. The van der Waals surface area contributed by atoms with Crippen molar-refractivity contribution in [2.24, 2.45) is 5.92 Å². The van der Waals surface area contributed by atoms with E-state index in [9.17, 15) is 4.79 Å². The molecule has 1 aliphatic heterocycles. The molecule has 1 rings (SSSR count). The molecule has 1 fully saturated rings. The number of hydrogen-bond acceptors (Lipinski definition) is 2. The van der Waals surface area contributed by atoms with E-state index >= 15 is 0 Å². The van der Waals surface area contributed by atoms with Crippen LogP contribution in [0.15, 0.2) is 0 Å². The lowest BCUT2D eigenvalue weighted by Crippen LogP contribution is -2.35. The van der Waals surface area contributed by atoms with Gasteiger partial charge in [-0.1, -0.05) is 22.9 Å². The number of rotatable bonds is 5. The predicted octanol–water partition coefficient (Wildman–Crippen LogP) is 2.09. The highest BCUT2D eigenvalue weighted by Gasteiger charge is 2.20. The van der Waals surface area contributed by atoms with Gasteiger partial charge in [-0.15, -0.1) is 0 Å². The van der Waals surface area contributed by atoms with Gasteiger partial charge in [0.1, 0.15) is 0 Å². The van der Waals surface area contributed by atoms with Crippen LogP contribution in [0.5, 0.6) is 0 Å². The van der Waals surface area contributed by atoms with Crippen molar-refractivity contribution in [2.45, 2.75) is 37.4 Å². The van der Waals surface area contributed by atoms with Gasteiger partial charge in [-0.05, 0) is 25.7 Å². The molecule has 0 aromatic rings. The molecule has 3 nitrogen and oxygen atoms in total. The zero-order valence-corrected chi connectivity index (χ0v) is 10.9. The standard InChI is InChI=1S/C11H20BrNO2/c1-2-10(12)3-6-13-11(14)9-4-7-15-8-5-9/h9-10H,2-8H2,1H3,(H,13,14). The van der Waals surface area contributed by atoms with Gasteiger partial charge in [0.25, 0.3) is 0 Å². The number of halogens is 1. The van der Waals surface area contributed by atoms with E-state index in [1.807, 2.05) is 0 Å². The van der Waals surface area contributed by atoms with Crippen LogP contribution in [0.4, 0.5) is 0 Å². The average Bonchev–Trinajstić information content (AvgIpc) is 2.29. The summed E-state index contributed by atoms with van der Waals surface area (Å²) in [6.07, 6.45) is 3.85. The monoisotopic (exact) mass is 277 g/mol. The summed E-state index contributed by atoms with van der Waals surface area (Å²) in [4.78, 5) is 12.2. The van der Waals surface area contributed by atoms with E-state index in [1.165, 1.54) is 0 Å². The normalized spacial score (nSPS) is 19.9. The number of hydrogen-bond donors (Lipinski definition) is 1. The van der Waals surface area contributed by atoms with Crippen molar-refractivity contribution in [2.75, 3.05) is 19.8 Å². The molecule has 88 valence electrons. The Bertz CT molecular complexity index is 193. The summed E-state index contributed by atoms with van der Waals surface area (Å²) in [6, 6.07) is 0. The van der Waals surface area contributed by atoms with Crippen molar-refractivity contribution in [1.82, 2.24) is 5.32 Å². The molecular weight excluding hydrogens is 258 g/mol. The lowest BCUT2D eigenvalue weighted by atomic mass is 9.99. The van der Waals surface area contributed by atoms with Gasteiger partial charge in [-0.25, -0.2) is 0 Å². The molecule has 1 saturated heterocycles. The first-order valence-corrected chi connectivity index (χ1v) is 6.65. The van der Waals surface area contributed by atoms with Crippen LogP contribution < -0.4 is 5.32 Å². The largest absolute Gasteiger partial charge is 0.381 e. The van der Waals surface area contributed by atoms with Gasteiger partial charge in [0, 0.05) is 30.5 Å². The number of nitrogens with one attached hydrogen (secondary N) is 1. The Kier molecular flexibility index (Phi) is 6.25. The van der Waals surface area contributed by atoms with Gasteiger partial charge >= 0.3 is 0 Å². The van der Waals surface area contributed by atoms with E-state index in [0.29, 0.717) is 4.83 Å². The van der Waals surface area contributed by atoms with Crippen molar-refractivity contribution < 1.29 is 9.53 Å². The van der Waals surface area contributed by atoms with Crippen LogP contribution in [0.1, 0.15) is 32.6 Å². The minimum absolute atomic E-state index is 0.175. The molecule has 1 aliphatic rings. The van der Waals surface area contributed by atoms with Crippen molar-refractivity contribution in [3.63, 3.8) is 0 Å². The highest BCUT2D eigenvalue weighted by atomic mass is 79.9. The predicted molar refractivity (Wildman–Crippen MR) is 64.2 cm³/mol. The molecule has 0 aromatic heterocycles. The second-order valence-electron chi connectivity index (χ2n) is 3.97. The van der Waals surface area contributed by atoms with Crippen molar-refractivity contribution in [3.8, 4) is 0 Å². The molecule has 1 N–H and O–H groups in total. The van der Waals surface area contributed by atoms with Gasteiger partial charge in [-0.2, -0.15) is 0 Å². The van der Waals surface area contributed by atoms with E-state index in [4.69, 9.17) is 4.74 Å². The van der Waals surface area contributed by atoms with Crippen LogP contribution in [-0.2, 0) is 9.53 Å². The second kappa shape index (κ2) is 7.23. The summed E-state index contributed by atoms with van der Waals surface area (Å²) in [5.41, 5.74) is 0. The van der Waals surface area contributed by atoms with Crippen LogP contribution in [0.3, 0.4) is 0 Å². The van der Waals surface area contributed by atoms with Crippen LogP contribution >= 0.6 is 15.9 Å². The molecular formula is C11H20BrNO2.